The van der Waals surface area contributed by atoms with Gasteiger partial charge in [0.15, 0.2) is 29.8 Å². The Morgan fingerprint density at radius 3 is 2.52 bits per heavy atom. The van der Waals surface area contributed by atoms with E-state index >= 15 is 0 Å². The van der Waals surface area contributed by atoms with Gasteiger partial charge in [0.05, 0.1) is 29.2 Å². The zero-order valence-corrected chi connectivity index (χ0v) is 15.8. The average Bonchev–Trinajstić information content (AvgIpc) is 2.67. The number of anilines is 1. The number of benzene rings is 2. The molecular formula is C19H15F6N4O2+. The van der Waals surface area contributed by atoms with E-state index in [4.69, 9.17) is 0 Å². The summed E-state index contributed by atoms with van der Waals surface area (Å²) in [4.78, 5) is 31.1. The van der Waals surface area contributed by atoms with Gasteiger partial charge in [-0.1, -0.05) is 0 Å². The number of hydrogen-bond donors (Lipinski definition) is 3. The highest BCUT2D eigenvalue weighted by Crippen LogP contribution is 2.30. The minimum atomic E-state index is -4.60. The highest BCUT2D eigenvalue weighted by Gasteiger charge is 2.31. The molecule has 3 N–H and O–H groups in total. The van der Waals surface area contributed by atoms with Gasteiger partial charge in [-0.05, 0) is 30.3 Å². The summed E-state index contributed by atoms with van der Waals surface area (Å²) in [5.41, 5.74) is -2.31. The lowest BCUT2D eigenvalue weighted by Crippen LogP contribution is -3.08. The van der Waals surface area contributed by atoms with Crippen LogP contribution in [0.3, 0.4) is 0 Å². The Hall–Kier alpha value is -3.41. The normalized spacial score (nSPS) is 12.7. The Labute approximate surface area is 170 Å². The van der Waals surface area contributed by atoms with Crippen molar-refractivity contribution in [1.29, 1.82) is 0 Å². The fraction of sp³-hybridized carbons (Fsp3) is 0.211. The first-order valence-corrected chi connectivity index (χ1v) is 8.80. The van der Waals surface area contributed by atoms with Crippen LogP contribution >= 0.6 is 0 Å². The molecule has 1 amide bonds. The first-order valence-electron chi connectivity index (χ1n) is 8.80. The monoisotopic (exact) mass is 445 g/mol. The van der Waals surface area contributed by atoms with Gasteiger partial charge >= 0.3 is 6.18 Å². The Kier molecular flexibility index (Phi) is 6.02. The molecule has 3 rings (SSSR count). The summed E-state index contributed by atoms with van der Waals surface area (Å²) in [5.74, 6) is -5.40. The molecular weight excluding hydrogens is 430 g/mol. The van der Waals surface area contributed by atoms with Crippen molar-refractivity contribution in [2.45, 2.75) is 12.7 Å². The Morgan fingerprint density at radius 2 is 1.84 bits per heavy atom. The third kappa shape index (κ3) is 5.02. The number of fused-ring (bicyclic) bond motifs is 1. The zero-order valence-electron chi connectivity index (χ0n) is 15.8. The van der Waals surface area contributed by atoms with E-state index in [0.29, 0.717) is 11.0 Å². The fourth-order valence-corrected chi connectivity index (χ4v) is 2.89. The number of carbonyl (C=O) groups is 1. The molecule has 0 aliphatic carbocycles. The van der Waals surface area contributed by atoms with Crippen LogP contribution in [0.2, 0.25) is 0 Å². The van der Waals surface area contributed by atoms with Gasteiger partial charge in [0.25, 0.3) is 11.5 Å². The summed E-state index contributed by atoms with van der Waals surface area (Å²) >= 11 is 0. The van der Waals surface area contributed by atoms with Crippen molar-refractivity contribution in [3.63, 3.8) is 0 Å². The first-order chi connectivity index (χ1) is 14.5. The van der Waals surface area contributed by atoms with E-state index in [2.05, 4.69) is 15.3 Å². The van der Waals surface area contributed by atoms with E-state index in [0.717, 1.165) is 24.3 Å². The number of nitrogens with one attached hydrogen (secondary N) is 3. The number of alkyl halides is 3. The molecule has 12 heteroatoms. The summed E-state index contributed by atoms with van der Waals surface area (Å²) in [6.45, 7) is -0.349. The molecule has 1 heterocycles. The molecule has 0 bridgehead atoms. The van der Waals surface area contributed by atoms with E-state index in [9.17, 15) is 35.9 Å². The number of hydrogen-bond acceptors (Lipinski definition) is 3. The van der Waals surface area contributed by atoms with Crippen molar-refractivity contribution in [1.82, 2.24) is 9.97 Å². The predicted octanol–water partition coefficient (Wildman–Crippen LogP) is 2.01. The van der Waals surface area contributed by atoms with Crippen molar-refractivity contribution in [2.24, 2.45) is 0 Å². The van der Waals surface area contributed by atoms with E-state index in [1.807, 2.05) is 0 Å². The molecule has 3 aromatic rings. The maximum absolute atomic E-state index is 13.7. The third-order valence-electron chi connectivity index (χ3n) is 4.32. The summed E-state index contributed by atoms with van der Waals surface area (Å²) in [7, 11) is 1.51. The molecule has 0 spiro atoms. The maximum atomic E-state index is 13.7. The molecule has 0 aliphatic rings. The number of H-pyrrole nitrogens is 1. The van der Waals surface area contributed by atoms with E-state index in [1.54, 1.807) is 0 Å². The van der Waals surface area contributed by atoms with Crippen LogP contribution in [0.15, 0.2) is 35.1 Å². The lowest BCUT2D eigenvalue weighted by molar-refractivity contribution is -0.885. The molecule has 2 aromatic carbocycles. The number of halogens is 6. The number of aromatic nitrogens is 2. The van der Waals surface area contributed by atoms with Crippen molar-refractivity contribution in [2.75, 3.05) is 18.9 Å². The third-order valence-corrected chi connectivity index (χ3v) is 4.32. The molecule has 0 saturated heterocycles. The van der Waals surface area contributed by atoms with Crippen molar-refractivity contribution >= 4 is 22.5 Å². The molecule has 1 unspecified atom stereocenters. The molecule has 6 nitrogen and oxygen atoms in total. The molecule has 1 atom stereocenters. The quantitative estimate of drug-likeness (QED) is 0.415. The summed E-state index contributed by atoms with van der Waals surface area (Å²) in [6, 6.07) is 4.07. The highest BCUT2D eigenvalue weighted by atomic mass is 19.4. The van der Waals surface area contributed by atoms with Crippen LogP contribution in [0.4, 0.5) is 32.0 Å². The summed E-state index contributed by atoms with van der Waals surface area (Å²) < 4.78 is 78.5. The smallest absolute Gasteiger partial charge is 0.323 e. The fourth-order valence-electron chi connectivity index (χ4n) is 2.89. The molecule has 0 saturated carbocycles. The topological polar surface area (TPSA) is 79.3 Å². The van der Waals surface area contributed by atoms with Gasteiger partial charge in [0.2, 0.25) is 0 Å². The van der Waals surface area contributed by atoms with Crippen LogP contribution < -0.4 is 15.8 Å². The van der Waals surface area contributed by atoms with Crippen LogP contribution in [0, 0.1) is 17.5 Å². The predicted molar refractivity (Wildman–Crippen MR) is 97.8 cm³/mol. The van der Waals surface area contributed by atoms with Crippen molar-refractivity contribution in [3.8, 4) is 0 Å². The highest BCUT2D eigenvalue weighted by molar-refractivity contribution is 5.91. The molecule has 1 aromatic heterocycles. The maximum Gasteiger partial charge on any atom is 0.416 e. The number of carbonyl (C=O) groups excluding carboxylic acids is 1. The lowest BCUT2D eigenvalue weighted by atomic mass is 10.1. The van der Waals surface area contributed by atoms with Crippen LogP contribution in [0.1, 0.15) is 11.4 Å². The van der Waals surface area contributed by atoms with Crippen molar-refractivity contribution in [3.05, 3.63) is 69.5 Å². The summed E-state index contributed by atoms with van der Waals surface area (Å²) in [6.07, 6.45) is -4.60. The second kappa shape index (κ2) is 8.38. The van der Waals surface area contributed by atoms with Gasteiger partial charge < -0.3 is 15.2 Å². The minimum Gasteiger partial charge on any atom is -0.323 e. The van der Waals surface area contributed by atoms with E-state index in [-0.39, 0.29) is 29.8 Å². The first kappa shape index (κ1) is 22.3. The molecule has 0 radical (unpaired) electrons. The van der Waals surface area contributed by atoms with Gasteiger partial charge in [0, 0.05) is 0 Å². The van der Waals surface area contributed by atoms with E-state index < -0.39 is 46.3 Å². The van der Waals surface area contributed by atoms with Gasteiger partial charge in [-0.25, -0.2) is 18.2 Å². The Morgan fingerprint density at radius 1 is 1.13 bits per heavy atom. The molecule has 164 valence electrons. The zero-order chi connectivity index (χ0) is 22.9. The number of likely N-dealkylation sites (N-methyl/N-ethyl adjacent to an activating group) is 1. The molecule has 0 fully saturated rings. The number of quaternary nitrogens is 1. The second-order valence-electron chi connectivity index (χ2n) is 6.82. The number of amides is 1. The summed E-state index contributed by atoms with van der Waals surface area (Å²) in [5, 5.41) is 2.07. The minimum absolute atomic E-state index is 0.0269. The van der Waals surface area contributed by atoms with Crippen LogP contribution in [0.25, 0.3) is 10.9 Å². The Balaban J connectivity index is 1.74. The second-order valence-corrected chi connectivity index (χ2v) is 6.82. The van der Waals surface area contributed by atoms with Gasteiger partial charge in [0.1, 0.15) is 6.54 Å². The number of aromatic amines is 1. The SMILES string of the molecule is C[NH+](CC(=O)Nc1ccc(F)c(F)c1F)Cc1nc2cc(C(F)(F)F)ccc2c(=O)[nH]1. The van der Waals surface area contributed by atoms with Crippen LogP contribution in [-0.2, 0) is 17.5 Å². The van der Waals surface area contributed by atoms with Gasteiger partial charge in [-0.15, -0.1) is 0 Å². The number of nitrogens with zero attached hydrogens (tertiary/aromatic N) is 1. The van der Waals surface area contributed by atoms with Crippen LogP contribution in [-0.4, -0.2) is 29.5 Å². The van der Waals surface area contributed by atoms with Crippen molar-refractivity contribution < 1.29 is 36.0 Å². The Bertz CT molecular complexity index is 1210. The molecule has 0 aliphatic heterocycles. The molecule has 31 heavy (non-hydrogen) atoms. The van der Waals surface area contributed by atoms with Crippen LogP contribution in [0.5, 0.6) is 0 Å². The number of rotatable bonds is 5. The van der Waals surface area contributed by atoms with Gasteiger partial charge in [-0.3, -0.25) is 9.59 Å². The average molecular weight is 445 g/mol. The van der Waals surface area contributed by atoms with Gasteiger partial charge in [-0.2, -0.15) is 13.2 Å². The largest absolute Gasteiger partial charge is 0.416 e. The standard InChI is InChI=1S/C19H14F6N4O2/c1-29(8-15(30)27-12-5-4-11(20)16(21)17(12)22)7-14-26-13-6-9(19(23,24)25)2-3-10(13)18(31)28-14/h2-6H,7-8H2,1H3,(H,27,30)(H,26,28,31)/p+1. The van der Waals surface area contributed by atoms with E-state index in [1.165, 1.54) is 7.05 Å². The lowest BCUT2D eigenvalue weighted by Gasteiger charge is -2.14.